The number of halogens is 3. The Morgan fingerprint density at radius 3 is 2.13 bits per heavy atom. The molecule has 126 valence electrons. The predicted octanol–water partition coefficient (Wildman–Crippen LogP) is 2.76. The highest BCUT2D eigenvalue weighted by atomic mass is 32.2. The molecule has 4 nitrogen and oxygen atoms in total. The van der Waals surface area contributed by atoms with Crippen LogP contribution in [0, 0.1) is 11.8 Å². The van der Waals surface area contributed by atoms with E-state index in [1.54, 1.807) is 0 Å². The summed E-state index contributed by atoms with van der Waals surface area (Å²) < 4.78 is 62.4. The van der Waals surface area contributed by atoms with Crippen molar-refractivity contribution in [3.63, 3.8) is 0 Å². The fraction of sp³-hybridized carbons (Fsp3) is 0.467. The topological polar surface area (TPSA) is 63.4 Å². The summed E-state index contributed by atoms with van der Waals surface area (Å²) in [6.07, 6.45) is 1.31. The van der Waals surface area contributed by atoms with E-state index < -0.39 is 26.7 Å². The van der Waals surface area contributed by atoms with Crippen LogP contribution in [0.5, 0.6) is 0 Å². The molecule has 23 heavy (non-hydrogen) atoms. The van der Waals surface area contributed by atoms with Crippen LogP contribution in [-0.2, 0) is 16.2 Å². The number of nitrogens with two attached hydrogens (primary N) is 1. The molecule has 1 aromatic carbocycles. The minimum atomic E-state index is -4.77. The van der Waals surface area contributed by atoms with Gasteiger partial charge < -0.3 is 4.90 Å². The van der Waals surface area contributed by atoms with Crippen LogP contribution in [0.15, 0.2) is 35.2 Å². The summed E-state index contributed by atoms with van der Waals surface area (Å²) in [5, 5.41) is 4.90. The van der Waals surface area contributed by atoms with E-state index in [1.807, 2.05) is 4.90 Å². The molecule has 3 rings (SSSR count). The third-order valence-electron chi connectivity index (χ3n) is 4.56. The van der Waals surface area contributed by atoms with E-state index >= 15 is 0 Å². The SMILES string of the molecule is NS(=O)(=O)c1ccc(N2CC3CC=CCC3C2)cc1C(F)(F)F. The van der Waals surface area contributed by atoms with Crippen LogP contribution in [0.1, 0.15) is 18.4 Å². The Balaban J connectivity index is 1.96. The lowest BCUT2D eigenvalue weighted by atomic mass is 9.86. The van der Waals surface area contributed by atoms with Crippen molar-refractivity contribution < 1.29 is 21.6 Å². The molecule has 2 unspecified atom stereocenters. The summed E-state index contributed by atoms with van der Waals surface area (Å²) in [7, 11) is -4.43. The molecule has 1 aliphatic carbocycles. The van der Waals surface area contributed by atoms with Gasteiger partial charge in [0, 0.05) is 18.8 Å². The molecular weight excluding hydrogens is 329 g/mol. The van der Waals surface area contributed by atoms with Gasteiger partial charge in [-0.15, -0.1) is 0 Å². The van der Waals surface area contributed by atoms with Crippen LogP contribution in [0.4, 0.5) is 18.9 Å². The van der Waals surface area contributed by atoms with Gasteiger partial charge in [-0.05, 0) is 42.9 Å². The number of fused-ring (bicyclic) bond motifs is 1. The van der Waals surface area contributed by atoms with Crippen LogP contribution in [-0.4, -0.2) is 21.5 Å². The van der Waals surface area contributed by atoms with Crippen LogP contribution in [0.25, 0.3) is 0 Å². The molecule has 2 aliphatic rings. The third kappa shape index (κ3) is 3.23. The molecule has 8 heteroatoms. The minimum absolute atomic E-state index is 0.388. The van der Waals surface area contributed by atoms with Gasteiger partial charge in [0.05, 0.1) is 10.5 Å². The quantitative estimate of drug-likeness (QED) is 0.838. The van der Waals surface area contributed by atoms with Gasteiger partial charge in [0.2, 0.25) is 10.0 Å². The molecule has 2 N–H and O–H groups in total. The second-order valence-corrected chi connectivity index (χ2v) is 7.62. The monoisotopic (exact) mass is 346 g/mol. The van der Waals surface area contributed by atoms with E-state index in [0.29, 0.717) is 30.6 Å². The van der Waals surface area contributed by atoms with Gasteiger partial charge in [0.25, 0.3) is 0 Å². The maximum absolute atomic E-state index is 13.2. The molecule has 0 amide bonds. The standard InChI is InChI=1S/C15H17F3N2O2S/c16-15(17,18)13-7-12(5-6-14(13)23(19,21)22)20-8-10-3-1-2-4-11(10)9-20/h1-2,5-7,10-11H,3-4,8-9H2,(H2,19,21,22). The number of hydrogen-bond acceptors (Lipinski definition) is 3. The summed E-state index contributed by atoms with van der Waals surface area (Å²) in [6, 6.07) is 3.25. The Hall–Kier alpha value is -1.54. The van der Waals surface area contributed by atoms with E-state index in [2.05, 4.69) is 12.2 Å². The highest BCUT2D eigenvalue weighted by molar-refractivity contribution is 7.89. The van der Waals surface area contributed by atoms with Gasteiger partial charge in [-0.1, -0.05) is 12.2 Å². The lowest BCUT2D eigenvalue weighted by molar-refractivity contribution is -0.139. The van der Waals surface area contributed by atoms with Crippen LogP contribution in [0.2, 0.25) is 0 Å². The number of allylic oxidation sites excluding steroid dienone is 2. The number of alkyl halides is 3. The second-order valence-electron chi connectivity index (χ2n) is 6.09. The fourth-order valence-corrected chi connectivity index (χ4v) is 4.15. The molecule has 0 saturated carbocycles. The lowest BCUT2D eigenvalue weighted by Crippen LogP contribution is -2.23. The van der Waals surface area contributed by atoms with Crippen LogP contribution >= 0.6 is 0 Å². The first-order valence-corrected chi connectivity index (χ1v) is 8.85. The first-order valence-electron chi connectivity index (χ1n) is 7.30. The Morgan fingerprint density at radius 1 is 1.09 bits per heavy atom. The summed E-state index contributed by atoms with van der Waals surface area (Å²) in [5.41, 5.74) is -0.815. The summed E-state index contributed by atoms with van der Waals surface area (Å²) in [4.78, 5) is 1.01. The van der Waals surface area contributed by atoms with Crippen molar-refractivity contribution in [3.05, 3.63) is 35.9 Å². The Bertz CT molecular complexity index is 728. The summed E-state index contributed by atoms with van der Waals surface area (Å²) >= 11 is 0. The fourth-order valence-electron chi connectivity index (χ4n) is 3.41. The van der Waals surface area contributed by atoms with Crippen molar-refractivity contribution >= 4 is 15.7 Å². The Labute approximate surface area is 132 Å². The maximum Gasteiger partial charge on any atom is 0.417 e. The highest BCUT2D eigenvalue weighted by Gasteiger charge is 2.38. The molecule has 1 fully saturated rings. The van der Waals surface area contributed by atoms with E-state index in [0.717, 1.165) is 25.0 Å². The van der Waals surface area contributed by atoms with Gasteiger partial charge in [-0.25, -0.2) is 13.6 Å². The summed E-state index contributed by atoms with van der Waals surface area (Å²) in [6.45, 7) is 1.36. The van der Waals surface area contributed by atoms with Crippen LogP contribution in [0.3, 0.4) is 0 Å². The van der Waals surface area contributed by atoms with E-state index in [-0.39, 0.29) is 0 Å². The largest absolute Gasteiger partial charge is 0.417 e. The lowest BCUT2D eigenvalue weighted by Gasteiger charge is -2.21. The third-order valence-corrected chi connectivity index (χ3v) is 5.53. The average molecular weight is 346 g/mol. The van der Waals surface area contributed by atoms with Crippen molar-refractivity contribution in [2.75, 3.05) is 18.0 Å². The number of benzene rings is 1. The van der Waals surface area contributed by atoms with Gasteiger partial charge in [-0.2, -0.15) is 13.2 Å². The van der Waals surface area contributed by atoms with Crippen molar-refractivity contribution in [3.8, 4) is 0 Å². The zero-order valence-corrected chi connectivity index (χ0v) is 13.1. The molecule has 1 saturated heterocycles. The molecule has 1 aromatic rings. The predicted molar refractivity (Wildman–Crippen MR) is 80.4 cm³/mol. The Morgan fingerprint density at radius 2 is 1.65 bits per heavy atom. The number of hydrogen-bond donors (Lipinski definition) is 1. The second kappa shape index (κ2) is 5.52. The molecule has 0 radical (unpaired) electrons. The van der Waals surface area contributed by atoms with Crippen LogP contribution < -0.4 is 10.0 Å². The Kier molecular flexibility index (Phi) is 3.92. The molecule has 0 spiro atoms. The zero-order chi connectivity index (χ0) is 16.8. The van der Waals surface area contributed by atoms with E-state index in [4.69, 9.17) is 5.14 Å². The average Bonchev–Trinajstić information content (AvgIpc) is 2.88. The van der Waals surface area contributed by atoms with Crippen molar-refractivity contribution in [1.29, 1.82) is 0 Å². The first-order chi connectivity index (χ1) is 10.7. The number of primary sulfonamides is 1. The van der Waals surface area contributed by atoms with E-state index in [1.165, 1.54) is 6.07 Å². The summed E-state index contributed by atoms with van der Waals surface area (Å²) in [5.74, 6) is 0.875. The molecular formula is C15H17F3N2O2S. The smallest absolute Gasteiger partial charge is 0.371 e. The molecule has 1 heterocycles. The molecule has 2 atom stereocenters. The van der Waals surface area contributed by atoms with Crippen molar-refractivity contribution in [2.45, 2.75) is 23.9 Å². The maximum atomic E-state index is 13.2. The molecule has 0 bridgehead atoms. The van der Waals surface area contributed by atoms with Gasteiger partial charge in [0.15, 0.2) is 0 Å². The highest BCUT2D eigenvalue weighted by Crippen LogP contribution is 2.39. The van der Waals surface area contributed by atoms with Crippen molar-refractivity contribution in [1.82, 2.24) is 0 Å². The van der Waals surface area contributed by atoms with Gasteiger partial charge >= 0.3 is 6.18 Å². The van der Waals surface area contributed by atoms with Crippen molar-refractivity contribution in [2.24, 2.45) is 17.0 Å². The number of sulfonamides is 1. The number of rotatable bonds is 2. The number of nitrogens with zero attached hydrogens (tertiary/aromatic N) is 1. The molecule has 0 aromatic heterocycles. The number of anilines is 1. The normalized spacial score (nSPS) is 24.8. The molecule has 1 aliphatic heterocycles. The van der Waals surface area contributed by atoms with Gasteiger partial charge in [-0.3, -0.25) is 0 Å². The zero-order valence-electron chi connectivity index (χ0n) is 12.3. The first kappa shape index (κ1) is 16.3. The van der Waals surface area contributed by atoms with E-state index in [9.17, 15) is 21.6 Å². The van der Waals surface area contributed by atoms with Gasteiger partial charge in [0.1, 0.15) is 0 Å². The minimum Gasteiger partial charge on any atom is -0.371 e.